The Morgan fingerprint density at radius 1 is 1.17 bits per heavy atom. The molecule has 0 unspecified atom stereocenters. The van der Waals surface area contributed by atoms with Crippen molar-refractivity contribution in [2.45, 2.75) is 6.18 Å². The van der Waals surface area contributed by atoms with Gasteiger partial charge in [-0.05, 0) is 24.3 Å². The number of halogens is 3. The first-order valence-corrected chi connectivity index (χ1v) is 4.76. The van der Waals surface area contributed by atoms with Gasteiger partial charge in [-0.15, -0.1) is 0 Å². The summed E-state index contributed by atoms with van der Waals surface area (Å²) in [5.41, 5.74) is -1.62. The molecule has 0 aliphatic heterocycles. The molecule has 0 heterocycles. The summed E-state index contributed by atoms with van der Waals surface area (Å²) in [5.74, 6) is -1.06. The summed E-state index contributed by atoms with van der Waals surface area (Å²) >= 11 is 0. The highest BCUT2D eigenvalue weighted by atomic mass is 19.4. The monoisotopic (exact) mass is 261 g/mol. The molecule has 1 aromatic carbocycles. The average Bonchev–Trinajstić information content (AvgIpc) is 2.34. The molecule has 98 valence electrons. The van der Waals surface area contributed by atoms with Gasteiger partial charge in [0.2, 0.25) is 5.71 Å². The molecule has 7 heteroatoms. The molecular weight excluding hydrogens is 251 g/mol. The van der Waals surface area contributed by atoms with Crippen molar-refractivity contribution in [3.8, 4) is 5.75 Å². The van der Waals surface area contributed by atoms with Crippen LogP contribution in [0.5, 0.6) is 5.75 Å². The highest BCUT2D eigenvalue weighted by Crippen LogP contribution is 2.24. The van der Waals surface area contributed by atoms with Crippen molar-refractivity contribution < 1.29 is 27.4 Å². The van der Waals surface area contributed by atoms with E-state index < -0.39 is 17.9 Å². The fraction of sp³-hybridized carbons (Fsp3) is 0.273. The summed E-state index contributed by atoms with van der Waals surface area (Å²) in [7, 11) is 2.28. The SMILES string of the molecule is COC(=O)C(=Nc1ccc(OC)cc1)C(F)(F)F. The third kappa shape index (κ3) is 3.47. The number of hydrogen-bond donors (Lipinski definition) is 0. The summed E-state index contributed by atoms with van der Waals surface area (Å²) in [6.45, 7) is 0. The lowest BCUT2D eigenvalue weighted by molar-refractivity contribution is -0.137. The van der Waals surface area contributed by atoms with E-state index in [9.17, 15) is 18.0 Å². The predicted molar refractivity (Wildman–Crippen MR) is 58.2 cm³/mol. The van der Waals surface area contributed by atoms with Gasteiger partial charge in [0.25, 0.3) is 0 Å². The van der Waals surface area contributed by atoms with Crippen LogP contribution in [0.4, 0.5) is 18.9 Å². The van der Waals surface area contributed by atoms with Gasteiger partial charge in [0.1, 0.15) is 5.75 Å². The Balaban J connectivity index is 3.11. The van der Waals surface area contributed by atoms with Crippen LogP contribution >= 0.6 is 0 Å². The summed E-state index contributed by atoms with van der Waals surface area (Å²) in [6, 6.07) is 5.47. The molecule has 0 saturated carbocycles. The van der Waals surface area contributed by atoms with E-state index in [4.69, 9.17) is 4.74 Å². The molecule has 0 bridgehead atoms. The van der Waals surface area contributed by atoms with Crippen LogP contribution in [0.3, 0.4) is 0 Å². The quantitative estimate of drug-likeness (QED) is 0.620. The molecule has 0 N–H and O–H groups in total. The number of aliphatic imine (C=N–C) groups is 1. The topological polar surface area (TPSA) is 47.9 Å². The maximum atomic E-state index is 12.5. The van der Waals surface area contributed by atoms with Crippen molar-refractivity contribution in [3.05, 3.63) is 24.3 Å². The molecule has 18 heavy (non-hydrogen) atoms. The minimum absolute atomic E-state index is 0.0199. The van der Waals surface area contributed by atoms with Crippen LogP contribution < -0.4 is 4.74 Å². The number of ether oxygens (including phenoxy) is 2. The first kappa shape index (κ1) is 14.0. The lowest BCUT2D eigenvalue weighted by atomic mass is 10.3. The number of alkyl halides is 3. The summed E-state index contributed by atoms with van der Waals surface area (Å²) in [5, 5.41) is 0. The van der Waals surface area contributed by atoms with Gasteiger partial charge < -0.3 is 9.47 Å². The molecule has 0 aliphatic rings. The average molecular weight is 261 g/mol. The lowest BCUT2D eigenvalue weighted by Crippen LogP contribution is -2.31. The van der Waals surface area contributed by atoms with Crippen LogP contribution in [0.1, 0.15) is 0 Å². The standard InChI is InChI=1S/C11H10F3NO3/c1-17-8-5-3-7(4-6-8)15-9(10(16)18-2)11(12,13)14/h3-6H,1-2H3. The maximum absolute atomic E-state index is 12.5. The zero-order valence-electron chi connectivity index (χ0n) is 9.62. The highest BCUT2D eigenvalue weighted by Gasteiger charge is 2.41. The van der Waals surface area contributed by atoms with Crippen molar-refractivity contribution in [3.63, 3.8) is 0 Å². The Morgan fingerprint density at radius 3 is 2.11 bits per heavy atom. The van der Waals surface area contributed by atoms with Gasteiger partial charge in [0, 0.05) is 0 Å². The van der Waals surface area contributed by atoms with Gasteiger partial charge in [-0.25, -0.2) is 9.79 Å². The van der Waals surface area contributed by atoms with Gasteiger partial charge in [-0.1, -0.05) is 0 Å². The number of carbonyl (C=O) groups is 1. The van der Waals surface area contributed by atoms with Crippen LogP contribution in [-0.4, -0.2) is 32.1 Å². The molecule has 1 rings (SSSR count). The van der Waals surface area contributed by atoms with Crippen LogP contribution in [0, 0.1) is 0 Å². The van der Waals surface area contributed by atoms with Crippen LogP contribution in [0.2, 0.25) is 0 Å². The first-order chi connectivity index (χ1) is 8.38. The maximum Gasteiger partial charge on any atom is 0.440 e. The number of methoxy groups -OCH3 is 2. The Labute approximate surface area is 101 Å². The minimum Gasteiger partial charge on any atom is -0.497 e. The zero-order valence-corrected chi connectivity index (χ0v) is 9.62. The number of esters is 1. The Bertz CT molecular complexity index is 452. The summed E-state index contributed by atoms with van der Waals surface area (Å²) in [4.78, 5) is 14.2. The van der Waals surface area contributed by atoms with Gasteiger partial charge in [-0.3, -0.25) is 0 Å². The number of rotatable bonds is 3. The second-order valence-electron chi connectivity index (χ2n) is 3.15. The van der Waals surface area contributed by atoms with Gasteiger partial charge in [0.05, 0.1) is 19.9 Å². The van der Waals surface area contributed by atoms with Crippen molar-refractivity contribution in [2.24, 2.45) is 4.99 Å². The third-order valence-corrected chi connectivity index (χ3v) is 1.96. The van der Waals surface area contributed by atoms with Crippen molar-refractivity contribution >= 4 is 17.4 Å². The summed E-state index contributed by atoms with van der Waals surface area (Å²) < 4.78 is 46.5. The molecule has 4 nitrogen and oxygen atoms in total. The van der Waals surface area contributed by atoms with E-state index >= 15 is 0 Å². The number of carbonyl (C=O) groups excluding carboxylic acids is 1. The Kier molecular flexibility index (Phi) is 4.30. The molecule has 0 spiro atoms. The van der Waals surface area contributed by atoms with Crippen molar-refractivity contribution in [1.82, 2.24) is 0 Å². The van der Waals surface area contributed by atoms with Crippen molar-refractivity contribution in [2.75, 3.05) is 14.2 Å². The molecule has 0 atom stereocenters. The minimum atomic E-state index is -4.87. The number of hydrogen-bond acceptors (Lipinski definition) is 4. The smallest absolute Gasteiger partial charge is 0.440 e. The van der Waals surface area contributed by atoms with Gasteiger partial charge in [-0.2, -0.15) is 13.2 Å². The van der Waals surface area contributed by atoms with Crippen LogP contribution in [-0.2, 0) is 9.53 Å². The van der Waals surface area contributed by atoms with Gasteiger partial charge in [0.15, 0.2) is 0 Å². The predicted octanol–water partition coefficient (Wildman–Crippen LogP) is 2.50. The van der Waals surface area contributed by atoms with E-state index in [-0.39, 0.29) is 5.69 Å². The van der Waals surface area contributed by atoms with E-state index in [2.05, 4.69) is 9.73 Å². The van der Waals surface area contributed by atoms with E-state index in [1.165, 1.54) is 31.4 Å². The second-order valence-corrected chi connectivity index (χ2v) is 3.15. The second kappa shape index (κ2) is 5.52. The molecule has 1 aromatic rings. The van der Waals surface area contributed by atoms with Crippen molar-refractivity contribution in [1.29, 1.82) is 0 Å². The molecule has 0 aromatic heterocycles. The number of nitrogens with zero attached hydrogens (tertiary/aromatic N) is 1. The van der Waals surface area contributed by atoms with Gasteiger partial charge >= 0.3 is 12.1 Å². The van der Waals surface area contributed by atoms with Crippen LogP contribution in [0.15, 0.2) is 29.3 Å². The molecule has 0 saturated heterocycles. The largest absolute Gasteiger partial charge is 0.497 e. The normalized spacial score (nSPS) is 12.2. The summed E-state index contributed by atoms with van der Waals surface area (Å²) in [6.07, 6.45) is -4.87. The van der Waals surface area contributed by atoms with E-state index in [0.29, 0.717) is 5.75 Å². The molecular formula is C11H10F3NO3. The first-order valence-electron chi connectivity index (χ1n) is 4.76. The molecule has 0 aliphatic carbocycles. The fourth-order valence-corrected chi connectivity index (χ4v) is 1.11. The molecule has 0 amide bonds. The van der Waals surface area contributed by atoms with Crippen LogP contribution in [0.25, 0.3) is 0 Å². The zero-order chi connectivity index (χ0) is 13.8. The number of benzene rings is 1. The van der Waals surface area contributed by atoms with E-state index in [1.54, 1.807) is 0 Å². The Morgan fingerprint density at radius 2 is 1.72 bits per heavy atom. The third-order valence-electron chi connectivity index (χ3n) is 1.96. The fourth-order valence-electron chi connectivity index (χ4n) is 1.11. The highest BCUT2D eigenvalue weighted by molar-refractivity contribution is 6.39. The lowest BCUT2D eigenvalue weighted by Gasteiger charge is -2.08. The molecule has 0 radical (unpaired) electrons. The van der Waals surface area contributed by atoms with E-state index in [1.807, 2.05) is 0 Å². The van der Waals surface area contributed by atoms with E-state index in [0.717, 1.165) is 7.11 Å². The molecule has 0 fully saturated rings. The Hall–Kier alpha value is -2.05.